The van der Waals surface area contributed by atoms with Crippen LogP contribution in [-0.2, 0) is 4.79 Å². The molecule has 0 aliphatic rings. The number of amides is 1. The smallest absolute Gasteiger partial charge is 0.248 e. The lowest BCUT2D eigenvalue weighted by Gasteiger charge is -2.08. The van der Waals surface area contributed by atoms with Gasteiger partial charge in [0.05, 0.1) is 0 Å². The Morgan fingerprint density at radius 2 is 2.04 bits per heavy atom. The first-order valence-electron chi connectivity index (χ1n) is 8.66. The van der Waals surface area contributed by atoms with Crippen molar-refractivity contribution >= 4 is 40.5 Å². The Balaban J connectivity index is 1.56. The van der Waals surface area contributed by atoms with Gasteiger partial charge < -0.3 is 9.73 Å². The molecule has 4 aromatic rings. The second-order valence-electron chi connectivity index (χ2n) is 6.25. The Kier molecular flexibility index (Phi) is 4.91. The molecule has 0 aliphatic carbocycles. The number of aryl methyl sites for hydroxylation is 1. The van der Waals surface area contributed by atoms with Gasteiger partial charge in [-0.2, -0.15) is 4.98 Å². The van der Waals surface area contributed by atoms with Crippen LogP contribution in [0, 0.1) is 6.92 Å². The number of carbonyl (C=O) groups excluding carboxylic acids is 1. The minimum Gasteiger partial charge on any atom is -0.434 e. The molecule has 138 valence electrons. The first-order valence-corrected chi connectivity index (χ1v) is 9.03. The van der Waals surface area contributed by atoms with Gasteiger partial charge in [0.15, 0.2) is 11.2 Å². The number of rotatable bonds is 4. The average Bonchev–Trinajstić information content (AvgIpc) is 3.12. The highest BCUT2D eigenvalue weighted by Crippen LogP contribution is 2.27. The third-order valence-electron chi connectivity index (χ3n) is 4.18. The number of benzene rings is 2. The normalized spacial score (nSPS) is 11.2. The third-order valence-corrected chi connectivity index (χ3v) is 4.42. The van der Waals surface area contributed by atoms with E-state index in [0.717, 1.165) is 16.7 Å². The number of aromatic nitrogens is 2. The number of nitrogens with zero attached hydrogens (tertiary/aromatic N) is 2. The van der Waals surface area contributed by atoms with E-state index in [4.69, 9.17) is 16.0 Å². The Hall–Kier alpha value is -3.44. The summed E-state index contributed by atoms with van der Waals surface area (Å²) in [6, 6.07) is 16.6. The minimum absolute atomic E-state index is 0.237. The van der Waals surface area contributed by atoms with Crippen LogP contribution >= 0.6 is 11.6 Å². The van der Waals surface area contributed by atoms with E-state index in [-0.39, 0.29) is 5.91 Å². The molecule has 0 saturated carbocycles. The molecule has 5 nitrogen and oxygen atoms in total. The van der Waals surface area contributed by atoms with Crippen LogP contribution in [0.5, 0.6) is 0 Å². The highest BCUT2D eigenvalue weighted by molar-refractivity contribution is 6.30. The Morgan fingerprint density at radius 3 is 2.86 bits per heavy atom. The fraction of sp³-hybridized carbons (Fsp3) is 0.0455. The summed E-state index contributed by atoms with van der Waals surface area (Å²) in [5, 5.41) is 3.52. The van der Waals surface area contributed by atoms with Crippen LogP contribution in [0.1, 0.15) is 11.1 Å². The van der Waals surface area contributed by atoms with Crippen molar-refractivity contribution in [1.82, 2.24) is 9.97 Å². The van der Waals surface area contributed by atoms with E-state index < -0.39 is 0 Å². The number of hydrogen-bond acceptors (Lipinski definition) is 4. The number of anilines is 1. The summed E-state index contributed by atoms with van der Waals surface area (Å²) in [7, 11) is 0. The molecule has 0 fully saturated rings. The number of nitrogens with one attached hydrogen (secondary N) is 1. The third kappa shape index (κ3) is 3.94. The van der Waals surface area contributed by atoms with Crippen LogP contribution in [0.2, 0.25) is 5.02 Å². The van der Waals surface area contributed by atoms with Crippen molar-refractivity contribution in [1.29, 1.82) is 0 Å². The van der Waals surface area contributed by atoms with Gasteiger partial charge in [-0.05, 0) is 60.5 Å². The summed E-state index contributed by atoms with van der Waals surface area (Å²) in [5.74, 6) is 0.220. The second-order valence-corrected chi connectivity index (χ2v) is 6.69. The molecule has 2 heterocycles. The van der Waals surface area contributed by atoms with Gasteiger partial charge in [0, 0.05) is 28.5 Å². The van der Waals surface area contributed by atoms with E-state index in [1.54, 1.807) is 30.5 Å². The number of carbonyl (C=O) groups is 1. The number of hydrogen-bond donors (Lipinski definition) is 1. The summed E-state index contributed by atoms with van der Waals surface area (Å²) in [6.07, 6.45) is 4.86. The van der Waals surface area contributed by atoms with Crippen LogP contribution in [0.25, 0.3) is 28.8 Å². The van der Waals surface area contributed by atoms with Gasteiger partial charge in [-0.25, -0.2) is 4.98 Å². The van der Waals surface area contributed by atoms with E-state index in [1.807, 2.05) is 43.3 Å². The summed E-state index contributed by atoms with van der Waals surface area (Å²) in [5.41, 5.74) is 4.40. The Morgan fingerprint density at radius 1 is 1.14 bits per heavy atom. The van der Waals surface area contributed by atoms with Crippen molar-refractivity contribution < 1.29 is 9.21 Å². The number of pyridine rings is 1. The Labute approximate surface area is 166 Å². The number of fused-ring (bicyclic) bond motifs is 1. The van der Waals surface area contributed by atoms with Crippen molar-refractivity contribution in [2.45, 2.75) is 6.92 Å². The molecule has 0 radical (unpaired) electrons. The lowest BCUT2D eigenvalue weighted by atomic mass is 10.1. The summed E-state index contributed by atoms with van der Waals surface area (Å²) in [4.78, 5) is 20.9. The molecule has 1 N–H and O–H groups in total. The number of halogens is 1. The number of oxazole rings is 1. The van der Waals surface area contributed by atoms with E-state index in [0.29, 0.717) is 27.8 Å². The fourth-order valence-corrected chi connectivity index (χ4v) is 2.94. The van der Waals surface area contributed by atoms with E-state index in [9.17, 15) is 4.79 Å². The molecule has 1 amide bonds. The maximum Gasteiger partial charge on any atom is 0.248 e. The molecular weight excluding hydrogens is 374 g/mol. The second kappa shape index (κ2) is 7.66. The van der Waals surface area contributed by atoms with E-state index >= 15 is 0 Å². The van der Waals surface area contributed by atoms with Gasteiger partial charge in [-0.15, -0.1) is 0 Å². The lowest BCUT2D eigenvalue weighted by Crippen LogP contribution is -2.09. The van der Waals surface area contributed by atoms with Crippen molar-refractivity contribution in [3.05, 3.63) is 83.0 Å². The SMILES string of the molecule is Cc1ccc(-c2nc3ncccc3o2)cc1NC(=O)/C=C/c1cccc(Cl)c1. The predicted molar refractivity (Wildman–Crippen MR) is 111 cm³/mol. The Bertz CT molecular complexity index is 1160. The van der Waals surface area contributed by atoms with Crippen molar-refractivity contribution in [3.8, 4) is 11.5 Å². The van der Waals surface area contributed by atoms with Crippen molar-refractivity contribution in [2.24, 2.45) is 0 Å². The zero-order chi connectivity index (χ0) is 19.5. The van der Waals surface area contributed by atoms with Gasteiger partial charge in [0.25, 0.3) is 0 Å². The lowest BCUT2D eigenvalue weighted by molar-refractivity contribution is -0.111. The molecule has 2 aromatic heterocycles. The largest absolute Gasteiger partial charge is 0.434 e. The highest BCUT2D eigenvalue weighted by atomic mass is 35.5. The molecule has 4 rings (SSSR count). The molecule has 6 heteroatoms. The highest BCUT2D eigenvalue weighted by Gasteiger charge is 2.11. The summed E-state index contributed by atoms with van der Waals surface area (Å²) >= 11 is 5.96. The van der Waals surface area contributed by atoms with Gasteiger partial charge in [0.2, 0.25) is 11.8 Å². The maximum atomic E-state index is 12.3. The first-order chi connectivity index (χ1) is 13.6. The molecule has 0 saturated heterocycles. The molecule has 0 aliphatic heterocycles. The van der Waals surface area contributed by atoms with Gasteiger partial charge in [0.1, 0.15) is 0 Å². The first kappa shape index (κ1) is 17.9. The van der Waals surface area contributed by atoms with E-state index in [2.05, 4.69) is 15.3 Å². The molecule has 0 atom stereocenters. The fourth-order valence-electron chi connectivity index (χ4n) is 2.74. The molecule has 0 bridgehead atoms. The maximum absolute atomic E-state index is 12.3. The minimum atomic E-state index is -0.237. The molecule has 2 aromatic carbocycles. The zero-order valence-electron chi connectivity index (χ0n) is 15.0. The quantitative estimate of drug-likeness (QED) is 0.468. The predicted octanol–water partition coefficient (Wildman–Crippen LogP) is 5.50. The van der Waals surface area contributed by atoms with Crippen LogP contribution in [0.15, 0.2) is 71.3 Å². The molecule has 0 spiro atoms. The topological polar surface area (TPSA) is 68.0 Å². The molecule has 0 unspecified atom stereocenters. The van der Waals surface area contributed by atoms with Gasteiger partial charge in [-0.1, -0.05) is 29.8 Å². The van der Waals surface area contributed by atoms with Crippen molar-refractivity contribution in [3.63, 3.8) is 0 Å². The molecular formula is C22H16ClN3O2. The molecule has 28 heavy (non-hydrogen) atoms. The van der Waals surface area contributed by atoms with Gasteiger partial charge >= 0.3 is 0 Å². The average molecular weight is 390 g/mol. The van der Waals surface area contributed by atoms with Crippen LogP contribution in [-0.4, -0.2) is 15.9 Å². The monoisotopic (exact) mass is 389 g/mol. The standard InChI is InChI=1S/C22H16ClN3O2/c1-14-7-9-16(22-26-21-19(28-22)6-3-11-24-21)13-18(14)25-20(27)10-8-15-4-2-5-17(23)12-15/h2-13H,1H3,(H,25,27)/b10-8+. The van der Waals surface area contributed by atoms with Crippen LogP contribution in [0.3, 0.4) is 0 Å². The van der Waals surface area contributed by atoms with E-state index in [1.165, 1.54) is 6.08 Å². The van der Waals surface area contributed by atoms with Crippen LogP contribution < -0.4 is 5.32 Å². The summed E-state index contributed by atoms with van der Waals surface area (Å²) < 4.78 is 5.76. The van der Waals surface area contributed by atoms with Gasteiger partial charge in [-0.3, -0.25) is 4.79 Å². The van der Waals surface area contributed by atoms with Crippen molar-refractivity contribution in [2.75, 3.05) is 5.32 Å². The summed E-state index contributed by atoms with van der Waals surface area (Å²) in [6.45, 7) is 1.92. The zero-order valence-corrected chi connectivity index (χ0v) is 15.8. The van der Waals surface area contributed by atoms with Crippen LogP contribution in [0.4, 0.5) is 5.69 Å².